The molecule has 2 unspecified atom stereocenters. The van der Waals surface area contributed by atoms with Gasteiger partial charge < -0.3 is 0 Å². The molecule has 1 saturated heterocycles. The largest absolute Gasteiger partial charge is 0.273 e. The third kappa shape index (κ3) is 5.89. The number of hydrazine groups is 1. The van der Waals surface area contributed by atoms with Crippen LogP contribution >= 0.6 is 0 Å². The van der Waals surface area contributed by atoms with Gasteiger partial charge in [-0.2, -0.15) is 4.31 Å². The fourth-order valence-electron chi connectivity index (χ4n) is 3.78. The summed E-state index contributed by atoms with van der Waals surface area (Å²) in [4.78, 5) is 24.5. The van der Waals surface area contributed by atoms with Gasteiger partial charge in [-0.15, -0.1) is 0 Å². The first-order valence-electron chi connectivity index (χ1n) is 10.1. The van der Waals surface area contributed by atoms with Crippen LogP contribution in [0.25, 0.3) is 0 Å². The van der Waals surface area contributed by atoms with Crippen LogP contribution in [-0.4, -0.2) is 37.6 Å². The van der Waals surface area contributed by atoms with Gasteiger partial charge in [-0.1, -0.05) is 32.0 Å². The summed E-state index contributed by atoms with van der Waals surface area (Å²) in [6, 6.07) is 11.2. The molecule has 2 atom stereocenters. The third-order valence-electron chi connectivity index (χ3n) is 5.16. The topological polar surface area (TPSA) is 95.6 Å². The van der Waals surface area contributed by atoms with Gasteiger partial charge in [0.1, 0.15) is 5.82 Å². The first-order valence-corrected chi connectivity index (χ1v) is 11.5. The van der Waals surface area contributed by atoms with Crippen molar-refractivity contribution in [1.29, 1.82) is 0 Å². The SMILES string of the molecule is CC1CC(C)CN(S(=O)(=O)c2cccc(C(=O)NNC(=O)Cc3ccc(F)cc3)c2)C1. The van der Waals surface area contributed by atoms with E-state index in [-0.39, 0.29) is 28.7 Å². The van der Waals surface area contributed by atoms with Crippen LogP contribution in [0.2, 0.25) is 0 Å². The second-order valence-corrected chi connectivity index (χ2v) is 10.0. The van der Waals surface area contributed by atoms with Crippen LogP contribution in [0.4, 0.5) is 4.39 Å². The molecule has 1 fully saturated rings. The van der Waals surface area contributed by atoms with Crippen molar-refractivity contribution in [2.45, 2.75) is 31.6 Å². The van der Waals surface area contributed by atoms with Gasteiger partial charge in [0.05, 0.1) is 11.3 Å². The zero-order chi connectivity index (χ0) is 22.6. The van der Waals surface area contributed by atoms with Crippen molar-refractivity contribution in [2.24, 2.45) is 11.8 Å². The third-order valence-corrected chi connectivity index (χ3v) is 6.99. The minimum Gasteiger partial charge on any atom is -0.273 e. The Kier molecular flexibility index (Phi) is 7.07. The summed E-state index contributed by atoms with van der Waals surface area (Å²) in [5, 5.41) is 0. The molecule has 1 aliphatic heterocycles. The molecule has 0 radical (unpaired) electrons. The highest BCUT2D eigenvalue weighted by molar-refractivity contribution is 7.89. The molecule has 0 saturated carbocycles. The minimum absolute atomic E-state index is 0.0408. The Morgan fingerprint density at radius 2 is 1.68 bits per heavy atom. The maximum atomic E-state index is 13.0. The van der Waals surface area contributed by atoms with E-state index in [1.807, 2.05) is 13.8 Å². The molecule has 2 aromatic rings. The van der Waals surface area contributed by atoms with Gasteiger partial charge in [-0.25, -0.2) is 12.8 Å². The quantitative estimate of drug-likeness (QED) is 0.689. The molecule has 0 aliphatic carbocycles. The molecule has 0 bridgehead atoms. The van der Waals surface area contributed by atoms with Gasteiger partial charge >= 0.3 is 0 Å². The van der Waals surface area contributed by atoms with Crippen molar-refractivity contribution < 1.29 is 22.4 Å². The maximum Gasteiger partial charge on any atom is 0.269 e. The Balaban J connectivity index is 1.64. The van der Waals surface area contributed by atoms with E-state index < -0.39 is 27.7 Å². The lowest BCUT2D eigenvalue weighted by Crippen LogP contribution is -2.43. The van der Waals surface area contributed by atoms with Crippen molar-refractivity contribution >= 4 is 21.8 Å². The molecular weight excluding hydrogens is 421 g/mol. The van der Waals surface area contributed by atoms with Crippen molar-refractivity contribution in [1.82, 2.24) is 15.2 Å². The standard InChI is InChI=1S/C22H26FN3O4S/c1-15-10-16(2)14-26(13-15)31(29,30)20-5-3-4-18(12-20)22(28)25-24-21(27)11-17-6-8-19(23)9-7-17/h3-9,12,15-16H,10-11,13-14H2,1-2H3,(H,24,27)(H,25,28). The first-order chi connectivity index (χ1) is 14.6. The van der Waals surface area contributed by atoms with Gasteiger partial charge in [-0.05, 0) is 54.2 Å². The molecule has 0 spiro atoms. The number of benzene rings is 2. The number of hydrogen-bond donors (Lipinski definition) is 2. The highest BCUT2D eigenvalue weighted by Crippen LogP contribution is 2.27. The summed E-state index contributed by atoms with van der Waals surface area (Å²) in [6.07, 6.45) is 0.937. The van der Waals surface area contributed by atoms with Gasteiger partial charge in [0.25, 0.3) is 5.91 Å². The van der Waals surface area contributed by atoms with E-state index in [1.54, 1.807) is 0 Å². The molecule has 0 aromatic heterocycles. The number of hydrogen-bond acceptors (Lipinski definition) is 4. The molecule has 166 valence electrons. The Hall–Kier alpha value is -2.78. The molecule has 1 aliphatic rings. The summed E-state index contributed by atoms with van der Waals surface area (Å²) >= 11 is 0. The Morgan fingerprint density at radius 1 is 1.03 bits per heavy atom. The smallest absolute Gasteiger partial charge is 0.269 e. The molecule has 7 nitrogen and oxygen atoms in total. The van der Waals surface area contributed by atoms with E-state index in [0.717, 1.165) is 6.42 Å². The predicted molar refractivity (Wildman–Crippen MR) is 114 cm³/mol. The first kappa shape index (κ1) is 22.9. The highest BCUT2D eigenvalue weighted by Gasteiger charge is 2.32. The van der Waals surface area contributed by atoms with Crippen molar-refractivity contribution in [2.75, 3.05) is 13.1 Å². The van der Waals surface area contributed by atoms with Crippen LogP contribution in [0.5, 0.6) is 0 Å². The van der Waals surface area contributed by atoms with E-state index in [1.165, 1.54) is 52.8 Å². The Labute approximate surface area is 181 Å². The van der Waals surface area contributed by atoms with Crippen LogP contribution in [0.1, 0.15) is 36.2 Å². The minimum atomic E-state index is -3.72. The van der Waals surface area contributed by atoms with E-state index in [2.05, 4.69) is 10.9 Å². The van der Waals surface area contributed by atoms with Gasteiger partial charge in [0, 0.05) is 18.7 Å². The monoisotopic (exact) mass is 447 g/mol. The molecule has 2 aromatic carbocycles. The molecular formula is C22H26FN3O4S. The lowest BCUT2D eigenvalue weighted by Gasteiger charge is -2.34. The number of amides is 2. The molecule has 9 heteroatoms. The molecule has 3 rings (SSSR count). The maximum absolute atomic E-state index is 13.0. The number of halogens is 1. The second-order valence-electron chi connectivity index (χ2n) is 8.10. The number of carbonyl (C=O) groups excluding carboxylic acids is 2. The van der Waals surface area contributed by atoms with Crippen LogP contribution in [-0.2, 0) is 21.2 Å². The van der Waals surface area contributed by atoms with E-state index >= 15 is 0 Å². The fourth-order valence-corrected chi connectivity index (χ4v) is 5.51. The summed E-state index contributed by atoms with van der Waals surface area (Å²) in [5.74, 6) is -0.992. The predicted octanol–water partition coefficient (Wildman–Crippen LogP) is 2.50. The average molecular weight is 448 g/mol. The summed E-state index contributed by atoms with van der Waals surface area (Å²) < 4.78 is 40.5. The van der Waals surface area contributed by atoms with Crippen molar-refractivity contribution in [3.8, 4) is 0 Å². The highest BCUT2D eigenvalue weighted by atomic mass is 32.2. The van der Waals surface area contributed by atoms with Gasteiger partial charge in [0.15, 0.2) is 0 Å². The fraction of sp³-hybridized carbons (Fsp3) is 0.364. The van der Waals surface area contributed by atoms with Crippen LogP contribution < -0.4 is 10.9 Å². The zero-order valence-corrected chi connectivity index (χ0v) is 18.3. The average Bonchev–Trinajstić information content (AvgIpc) is 2.73. The molecule has 1 heterocycles. The van der Waals surface area contributed by atoms with Crippen molar-refractivity contribution in [3.05, 3.63) is 65.5 Å². The van der Waals surface area contributed by atoms with E-state index in [9.17, 15) is 22.4 Å². The number of sulfonamides is 1. The summed E-state index contributed by atoms with van der Waals surface area (Å²) in [7, 11) is -3.72. The lowest BCUT2D eigenvalue weighted by atomic mass is 9.94. The number of piperidine rings is 1. The van der Waals surface area contributed by atoms with Crippen LogP contribution in [0, 0.1) is 17.7 Å². The molecule has 31 heavy (non-hydrogen) atoms. The van der Waals surface area contributed by atoms with Gasteiger partial charge in [-0.3, -0.25) is 20.4 Å². The number of nitrogens with zero attached hydrogens (tertiary/aromatic N) is 1. The van der Waals surface area contributed by atoms with Crippen molar-refractivity contribution in [3.63, 3.8) is 0 Å². The zero-order valence-electron chi connectivity index (χ0n) is 17.5. The summed E-state index contributed by atoms with van der Waals surface area (Å²) in [6.45, 7) is 4.94. The van der Waals surface area contributed by atoms with Gasteiger partial charge in [0.2, 0.25) is 15.9 Å². The van der Waals surface area contributed by atoms with Crippen LogP contribution in [0.3, 0.4) is 0 Å². The second kappa shape index (κ2) is 9.57. The van der Waals surface area contributed by atoms with E-state index in [0.29, 0.717) is 18.7 Å². The number of nitrogens with one attached hydrogen (secondary N) is 2. The normalized spacial score (nSPS) is 19.6. The van der Waals surface area contributed by atoms with Crippen LogP contribution in [0.15, 0.2) is 53.4 Å². The Bertz CT molecular complexity index is 1050. The Morgan fingerprint density at radius 3 is 2.32 bits per heavy atom. The van der Waals surface area contributed by atoms with E-state index in [4.69, 9.17) is 0 Å². The number of carbonyl (C=O) groups is 2. The summed E-state index contributed by atoms with van der Waals surface area (Å²) in [5.41, 5.74) is 5.27. The molecule has 2 amide bonds. The molecule has 2 N–H and O–H groups in total. The number of rotatable bonds is 5. The lowest BCUT2D eigenvalue weighted by molar-refractivity contribution is -0.121.